The highest BCUT2D eigenvalue weighted by Gasteiger charge is 2.31. The molecule has 0 bridgehead atoms. The summed E-state index contributed by atoms with van der Waals surface area (Å²) < 4.78 is 24.6. The number of sulfone groups is 1. The van der Waals surface area contributed by atoms with Crippen LogP contribution in [0.4, 0.5) is 5.69 Å². The van der Waals surface area contributed by atoms with Gasteiger partial charge in [-0.05, 0) is 37.5 Å². The van der Waals surface area contributed by atoms with E-state index in [1.54, 1.807) is 18.2 Å². The predicted molar refractivity (Wildman–Crippen MR) is 65.0 cm³/mol. The molecule has 0 unspecified atom stereocenters. The molecule has 1 aromatic rings. The molecule has 16 heavy (non-hydrogen) atoms. The predicted octanol–water partition coefficient (Wildman–Crippen LogP) is 2.29. The molecule has 1 saturated carbocycles. The maximum atomic E-state index is 12.3. The molecule has 0 aromatic heterocycles. The van der Waals surface area contributed by atoms with Crippen LogP contribution in [-0.4, -0.2) is 13.7 Å². The van der Waals surface area contributed by atoms with Crippen molar-refractivity contribution in [3.8, 4) is 0 Å². The standard InChI is InChI=1S/C12H17NO2S/c1-9-6-7-12(11(13)8-9)16(14,15)10-4-2-3-5-10/h6-8,10H,2-5,13H2,1H3. The normalized spacial score (nSPS) is 17.8. The fourth-order valence-corrected chi connectivity index (χ4v) is 4.26. The summed E-state index contributed by atoms with van der Waals surface area (Å²) in [6.45, 7) is 1.91. The zero-order valence-electron chi connectivity index (χ0n) is 9.44. The van der Waals surface area contributed by atoms with E-state index in [9.17, 15) is 8.42 Å². The lowest BCUT2D eigenvalue weighted by atomic mass is 10.2. The molecule has 0 radical (unpaired) electrons. The number of rotatable bonds is 2. The molecule has 2 N–H and O–H groups in total. The molecule has 2 rings (SSSR count). The van der Waals surface area contributed by atoms with Crippen molar-refractivity contribution in [1.82, 2.24) is 0 Å². The Hall–Kier alpha value is -1.03. The lowest BCUT2D eigenvalue weighted by Crippen LogP contribution is -2.19. The van der Waals surface area contributed by atoms with Gasteiger partial charge in [-0.1, -0.05) is 18.9 Å². The molecule has 0 atom stereocenters. The first-order valence-corrected chi connectivity index (χ1v) is 7.16. The van der Waals surface area contributed by atoms with Crippen molar-refractivity contribution in [2.24, 2.45) is 0 Å². The first-order chi connectivity index (χ1) is 7.51. The smallest absolute Gasteiger partial charge is 0.183 e. The Kier molecular flexibility index (Phi) is 2.93. The van der Waals surface area contributed by atoms with Crippen LogP contribution in [0.15, 0.2) is 23.1 Å². The van der Waals surface area contributed by atoms with Gasteiger partial charge < -0.3 is 5.73 Å². The van der Waals surface area contributed by atoms with Gasteiger partial charge in [0, 0.05) is 0 Å². The van der Waals surface area contributed by atoms with Crippen LogP contribution in [-0.2, 0) is 9.84 Å². The number of benzene rings is 1. The van der Waals surface area contributed by atoms with E-state index in [1.807, 2.05) is 6.92 Å². The summed E-state index contributed by atoms with van der Waals surface area (Å²) in [5.74, 6) is 0. The van der Waals surface area contributed by atoms with E-state index in [-0.39, 0.29) is 5.25 Å². The van der Waals surface area contributed by atoms with Crippen LogP contribution in [0.2, 0.25) is 0 Å². The highest BCUT2D eigenvalue weighted by molar-refractivity contribution is 7.92. The van der Waals surface area contributed by atoms with Crippen molar-refractivity contribution in [3.05, 3.63) is 23.8 Å². The molecular formula is C12H17NO2S. The molecule has 1 aliphatic carbocycles. The van der Waals surface area contributed by atoms with E-state index in [0.29, 0.717) is 10.6 Å². The number of hydrogen-bond acceptors (Lipinski definition) is 3. The van der Waals surface area contributed by atoms with Crippen LogP contribution in [0.3, 0.4) is 0 Å². The highest BCUT2D eigenvalue weighted by Crippen LogP contribution is 2.32. The Morgan fingerprint density at radius 2 is 1.88 bits per heavy atom. The van der Waals surface area contributed by atoms with Crippen LogP contribution in [0.5, 0.6) is 0 Å². The van der Waals surface area contributed by atoms with Crippen LogP contribution in [0.25, 0.3) is 0 Å². The lowest BCUT2D eigenvalue weighted by Gasteiger charge is -2.13. The van der Waals surface area contributed by atoms with Crippen molar-refractivity contribution in [3.63, 3.8) is 0 Å². The van der Waals surface area contributed by atoms with E-state index in [1.165, 1.54) is 0 Å². The first kappa shape index (κ1) is 11.5. The van der Waals surface area contributed by atoms with Crippen molar-refractivity contribution in [1.29, 1.82) is 0 Å². The summed E-state index contributed by atoms with van der Waals surface area (Å²) in [5.41, 5.74) is 7.17. The van der Waals surface area contributed by atoms with E-state index in [4.69, 9.17) is 5.73 Å². The highest BCUT2D eigenvalue weighted by atomic mass is 32.2. The third kappa shape index (κ3) is 1.94. The van der Waals surface area contributed by atoms with Gasteiger partial charge in [0.15, 0.2) is 9.84 Å². The van der Waals surface area contributed by atoms with Gasteiger partial charge in [-0.2, -0.15) is 0 Å². The Morgan fingerprint density at radius 3 is 2.44 bits per heavy atom. The molecule has 0 amide bonds. The van der Waals surface area contributed by atoms with E-state index in [0.717, 1.165) is 31.2 Å². The second-order valence-electron chi connectivity index (χ2n) is 4.49. The second-order valence-corrected chi connectivity index (χ2v) is 6.69. The Balaban J connectivity index is 2.42. The first-order valence-electron chi connectivity index (χ1n) is 5.62. The van der Waals surface area contributed by atoms with Gasteiger partial charge in [-0.3, -0.25) is 0 Å². The van der Waals surface area contributed by atoms with Crippen molar-refractivity contribution in [2.45, 2.75) is 42.8 Å². The Morgan fingerprint density at radius 1 is 1.25 bits per heavy atom. The third-order valence-electron chi connectivity index (χ3n) is 3.21. The summed E-state index contributed by atoms with van der Waals surface area (Å²) in [6.07, 6.45) is 3.57. The SMILES string of the molecule is Cc1ccc(S(=O)(=O)C2CCCC2)c(N)c1. The van der Waals surface area contributed by atoms with Crippen molar-refractivity contribution in [2.75, 3.05) is 5.73 Å². The summed E-state index contributed by atoms with van der Waals surface area (Å²) in [7, 11) is -3.21. The quantitative estimate of drug-likeness (QED) is 0.805. The lowest BCUT2D eigenvalue weighted by molar-refractivity contribution is 0.580. The van der Waals surface area contributed by atoms with Gasteiger partial charge in [-0.25, -0.2) is 8.42 Å². The van der Waals surface area contributed by atoms with Crippen LogP contribution < -0.4 is 5.73 Å². The molecule has 3 nitrogen and oxygen atoms in total. The van der Waals surface area contributed by atoms with Gasteiger partial charge in [0.2, 0.25) is 0 Å². The largest absolute Gasteiger partial charge is 0.398 e. The molecule has 0 aliphatic heterocycles. The number of nitrogen functional groups attached to an aromatic ring is 1. The average Bonchev–Trinajstić information content (AvgIpc) is 2.69. The summed E-state index contributed by atoms with van der Waals surface area (Å²) in [6, 6.07) is 5.17. The van der Waals surface area contributed by atoms with Crippen molar-refractivity contribution >= 4 is 15.5 Å². The van der Waals surface area contributed by atoms with Crippen LogP contribution in [0, 0.1) is 6.92 Å². The number of hydrogen-bond donors (Lipinski definition) is 1. The molecule has 0 saturated heterocycles. The number of anilines is 1. The Labute approximate surface area is 96.6 Å². The van der Waals surface area contributed by atoms with E-state index >= 15 is 0 Å². The van der Waals surface area contributed by atoms with Gasteiger partial charge in [0.05, 0.1) is 15.8 Å². The van der Waals surface area contributed by atoms with Crippen LogP contribution in [0.1, 0.15) is 31.2 Å². The summed E-state index contributed by atoms with van der Waals surface area (Å²) >= 11 is 0. The zero-order valence-corrected chi connectivity index (χ0v) is 10.3. The second kappa shape index (κ2) is 4.09. The fraction of sp³-hybridized carbons (Fsp3) is 0.500. The maximum absolute atomic E-state index is 12.3. The minimum absolute atomic E-state index is 0.225. The number of nitrogens with two attached hydrogens (primary N) is 1. The third-order valence-corrected chi connectivity index (χ3v) is 5.55. The topological polar surface area (TPSA) is 60.2 Å². The minimum atomic E-state index is -3.21. The van der Waals surface area contributed by atoms with E-state index < -0.39 is 9.84 Å². The summed E-state index contributed by atoms with van der Waals surface area (Å²) in [4.78, 5) is 0.310. The molecule has 1 aromatic carbocycles. The van der Waals surface area contributed by atoms with Gasteiger partial charge in [-0.15, -0.1) is 0 Å². The van der Waals surface area contributed by atoms with E-state index in [2.05, 4.69) is 0 Å². The molecule has 0 heterocycles. The molecule has 4 heteroatoms. The molecule has 88 valence electrons. The monoisotopic (exact) mass is 239 g/mol. The molecule has 1 fully saturated rings. The van der Waals surface area contributed by atoms with Gasteiger partial charge in [0.1, 0.15) is 0 Å². The van der Waals surface area contributed by atoms with Crippen LogP contribution >= 0.6 is 0 Å². The van der Waals surface area contributed by atoms with Gasteiger partial charge in [0.25, 0.3) is 0 Å². The zero-order chi connectivity index (χ0) is 11.8. The average molecular weight is 239 g/mol. The van der Waals surface area contributed by atoms with Crippen molar-refractivity contribution < 1.29 is 8.42 Å². The molecule has 1 aliphatic rings. The Bertz CT molecular complexity index is 488. The minimum Gasteiger partial charge on any atom is -0.398 e. The number of aryl methyl sites for hydroxylation is 1. The maximum Gasteiger partial charge on any atom is 0.183 e. The summed E-state index contributed by atoms with van der Waals surface area (Å²) in [5, 5.41) is -0.225. The molecule has 0 spiro atoms. The van der Waals surface area contributed by atoms with Gasteiger partial charge >= 0.3 is 0 Å². The molecular weight excluding hydrogens is 222 g/mol. The fourth-order valence-electron chi connectivity index (χ4n) is 2.31.